The van der Waals surface area contributed by atoms with Crippen LogP contribution < -0.4 is 10.0 Å². The molecule has 0 spiro atoms. The Bertz CT molecular complexity index is 926. The van der Waals surface area contributed by atoms with E-state index >= 15 is 0 Å². The quantitative estimate of drug-likeness (QED) is 0.647. The van der Waals surface area contributed by atoms with E-state index in [-0.39, 0.29) is 21.5 Å². The summed E-state index contributed by atoms with van der Waals surface area (Å²) in [5, 5.41) is 2.92. The molecule has 0 aliphatic heterocycles. The largest absolute Gasteiger partial charge is 0.322 e. The lowest BCUT2D eigenvalue weighted by molar-refractivity contribution is 0.102. The van der Waals surface area contributed by atoms with Gasteiger partial charge in [-0.3, -0.25) is 4.79 Å². The zero-order chi connectivity index (χ0) is 19.4. The molecule has 0 aromatic heterocycles. The van der Waals surface area contributed by atoms with E-state index in [0.717, 1.165) is 36.6 Å². The van der Waals surface area contributed by atoms with Crippen molar-refractivity contribution in [2.45, 2.75) is 43.0 Å². The predicted molar refractivity (Wildman–Crippen MR) is 111 cm³/mol. The van der Waals surface area contributed by atoms with Crippen LogP contribution in [0.15, 0.2) is 51.8 Å². The first-order valence-corrected chi connectivity index (χ1v) is 11.4. The predicted octanol–water partition coefficient (Wildman–Crippen LogP) is 4.97. The average molecular weight is 472 g/mol. The molecule has 5 nitrogen and oxygen atoms in total. The third-order valence-corrected chi connectivity index (χ3v) is 6.90. The molecule has 144 valence electrons. The van der Waals surface area contributed by atoms with Crippen LogP contribution >= 0.6 is 27.5 Å². The van der Waals surface area contributed by atoms with Gasteiger partial charge in [0.15, 0.2) is 0 Å². The number of halogens is 2. The van der Waals surface area contributed by atoms with E-state index in [1.807, 2.05) is 0 Å². The molecule has 1 aliphatic rings. The van der Waals surface area contributed by atoms with Gasteiger partial charge in [0, 0.05) is 16.2 Å². The molecule has 27 heavy (non-hydrogen) atoms. The molecule has 0 heterocycles. The van der Waals surface area contributed by atoms with Crippen molar-refractivity contribution in [3.8, 4) is 0 Å². The first kappa shape index (κ1) is 20.3. The maximum atomic E-state index is 12.7. The van der Waals surface area contributed by atoms with E-state index in [4.69, 9.17) is 11.6 Å². The molecule has 0 atom stereocenters. The van der Waals surface area contributed by atoms with Gasteiger partial charge < -0.3 is 5.32 Å². The van der Waals surface area contributed by atoms with E-state index in [9.17, 15) is 13.2 Å². The fourth-order valence-electron chi connectivity index (χ4n) is 3.09. The Morgan fingerprint density at radius 2 is 1.70 bits per heavy atom. The van der Waals surface area contributed by atoms with Crippen LogP contribution in [-0.2, 0) is 10.0 Å². The second kappa shape index (κ2) is 8.73. The molecule has 8 heteroatoms. The fraction of sp³-hybridized carbons (Fsp3) is 0.316. The van der Waals surface area contributed by atoms with Crippen molar-refractivity contribution >= 4 is 49.1 Å². The average Bonchev–Trinajstić information content (AvgIpc) is 2.64. The maximum absolute atomic E-state index is 12.7. The van der Waals surface area contributed by atoms with E-state index in [0.29, 0.717) is 5.69 Å². The first-order valence-electron chi connectivity index (χ1n) is 8.74. The summed E-state index contributed by atoms with van der Waals surface area (Å²) in [7, 11) is -3.71. The first-order chi connectivity index (χ1) is 12.8. The highest BCUT2D eigenvalue weighted by Crippen LogP contribution is 2.24. The molecule has 1 amide bonds. The molecule has 0 saturated heterocycles. The fourth-order valence-corrected chi connectivity index (χ4v) is 4.88. The lowest BCUT2D eigenvalue weighted by atomic mass is 9.96. The molecule has 3 rings (SSSR count). The van der Waals surface area contributed by atoms with Crippen LogP contribution in [0.2, 0.25) is 5.02 Å². The number of benzene rings is 2. The van der Waals surface area contributed by atoms with Gasteiger partial charge >= 0.3 is 0 Å². The minimum absolute atomic E-state index is 0.0402. The van der Waals surface area contributed by atoms with Crippen molar-refractivity contribution in [3.63, 3.8) is 0 Å². The van der Waals surface area contributed by atoms with Crippen LogP contribution in [0.25, 0.3) is 0 Å². The van der Waals surface area contributed by atoms with E-state index < -0.39 is 15.9 Å². The normalized spacial score (nSPS) is 15.5. The molecular weight excluding hydrogens is 452 g/mol. The van der Waals surface area contributed by atoms with Gasteiger partial charge in [0.05, 0.1) is 15.5 Å². The van der Waals surface area contributed by atoms with Crippen LogP contribution in [0.3, 0.4) is 0 Å². The molecule has 0 bridgehead atoms. The lowest BCUT2D eigenvalue weighted by Gasteiger charge is -2.22. The van der Waals surface area contributed by atoms with Gasteiger partial charge in [-0.2, -0.15) is 0 Å². The SMILES string of the molecule is O=C(Nc1ccc(Br)cc1)c1cc(S(=O)(=O)NC2CCCCC2)ccc1Cl. The zero-order valence-electron chi connectivity index (χ0n) is 14.5. The van der Waals surface area contributed by atoms with Gasteiger partial charge in [-0.1, -0.05) is 46.8 Å². The minimum atomic E-state index is -3.71. The number of anilines is 1. The highest BCUT2D eigenvalue weighted by atomic mass is 79.9. The Morgan fingerprint density at radius 1 is 1.04 bits per heavy atom. The van der Waals surface area contributed by atoms with Crippen LogP contribution in [0, 0.1) is 0 Å². The number of amides is 1. The van der Waals surface area contributed by atoms with Gasteiger partial charge in [0.2, 0.25) is 10.0 Å². The highest BCUT2D eigenvalue weighted by Gasteiger charge is 2.23. The summed E-state index contributed by atoms with van der Waals surface area (Å²) in [6, 6.07) is 11.2. The third-order valence-electron chi connectivity index (χ3n) is 4.52. The molecular formula is C19H20BrClN2O3S. The van der Waals surface area contributed by atoms with Crippen LogP contribution in [0.5, 0.6) is 0 Å². The summed E-state index contributed by atoms with van der Waals surface area (Å²) in [4.78, 5) is 12.6. The second-order valence-corrected chi connectivity index (χ2v) is 9.60. The smallest absolute Gasteiger partial charge is 0.257 e. The highest BCUT2D eigenvalue weighted by molar-refractivity contribution is 9.10. The van der Waals surface area contributed by atoms with Crippen LogP contribution in [0.1, 0.15) is 42.5 Å². The summed E-state index contributed by atoms with van der Waals surface area (Å²) in [5.41, 5.74) is 0.707. The van der Waals surface area contributed by atoms with Gasteiger partial charge in [-0.05, 0) is 55.3 Å². The number of sulfonamides is 1. The Morgan fingerprint density at radius 3 is 2.37 bits per heavy atom. The summed E-state index contributed by atoms with van der Waals surface area (Å²) in [6.07, 6.45) is 4.86. The van der Waals surface area contributed by atoms with E-state index in [2.05, 4.69) is 26.0 Å². The molecule has 2 aromatic carbocycles. The number of carbonyl (C=O) groups is 1. The van der Waals surface area contributed by atoms with E-state index in [1.54, 1.807) is 24.3 Å². The molecule has 1 saturated carbocycles. The minimum Gasteiger partial charge on any atom is -0.322 e. The molecule has 1 aliphatic carbocycles. The zero-order valence-corrected chi connectivity index (χ0v) is 17.7. The summed E-state index contributed by atoms with van der Waals surface area (Å²) < 4.78 is 29.0. The molecule has 0 unspecified atom stereocenters. The topological polar surface area (TPSA) is 75.3 Å². The van der Waals surface area contributed by atoms with Crippen molar-refractivity contribution < 1.29 is 13.2 Å². The molecule has 2 aromatic rings. The number of hydrogen-bond donors (Lipinski definition) is 2. The molecule has 2 N–H and O–H groups in total. The Hall–Kier alpha value is -1.41. The number of rotatable bonds is 5. The van der Waals surface area contributed by atoms with Crippen molar-refractivity contribution in [2.75, 3.05) is 5.32 Å². The van der Waals surface area contributed by atoms with Crippen LogP contribution in [-0.4, -0.2) is 20.4 Å². The number of carbonyl (C=O) groups excluding carboxylic acids is 1. The summed E-state index contributed by atoms with van der Waals surface area (Å²) in [5.74, 6) is -0.461. The summed E-state index contributed by atoms with van der Waals surface area (Å²) >= 11 is 9.47. The van der Waals surface area contributed by atoms with Gasteiger partial charge in [0.1, 0.15) is 0 Å². The van der Waals surface area contributed by atoms with Crippen LogP contribution in [0.4, 0.5) is 5.69 Å². The van der Waals surface area contributed by atoms with Crippen molar-refractivity contribution in [3.05, 3.63) is 57.5 Å². The van der Waals surface area contributed by atoms with E-state index in [1.165, 1.54) is 18.2 Å². The third kappa shape index (κ3) is 5.31. The maximum Gasteiger partial charge on any atom is 0.257 e. The Kier molecular flexibility index (Phi) is 6.57. The molecule has 1 fully saturated rings. The Labute approximate surface area is 172 Å². The van der Waals surface area contributed by atoms with Crippen molar-refractivity contribution in [1.29, 1.82) is 0 Å². The number of hydrogen-bond acceptors (Lipinski definition) is 3. The number of nitrogens with one attached hydrogen (secondary N) is 2. The van der Waals surface area contributed by atoms with Crippen molar-refractivity contribution in [1.82, 2.24) is 4.72 Å². The van der Waals surface area contributed by atoms with Crippen molar-refractivity contribution in [2.24, 2.45) is 0 Å². The Balaban J connectivity index is 1.80. The summed E-state index contributed by atoms with van der Waals surface area (Å²) in [6.45, 7) is 0. The second-order valence-electron chi connectivity index (χ2n) is 6.56. The molecule has 0 radical (unpaired) electrons. The van der Waals surface area contributed by atoms with Gasteiger partial charge in [0.25, 0.3) is 5.91 Å². The van der Waals surface area contributed by atoms with Gasteiger partial charge in [-0.15, -0.1) is 0 Å². The standard InChI is InChI=1S/C19H20BrClN2O3S/c20-13-6-8-14(9-7-13)22-19(24)17-12-16(10-11-18(17)21)27(25,26)23-15-4-2-1-3-5-15/h6-12,15,23H,1-5H2,(H,22,24). The van der Waals surface area contributed by atoms with Gasteiger partial charge in [-0.25, -0.2) is 13.1 Å². The monoisotopic (exact) mass is 470 g/mol. The lowest BCUT2D eigenvalue weighted by Crippen LogP contribution is -2.36.